The predicted molar refractivity (Wildman–Crippen MR) is 79.8 cm³/mol. The monoisotopic (exact) mass is 291 g/mol. The first-order valence-corrected chi connectivity index (χ1v) is 7.18. The molecule has 0 aromatic heterocycles. The highest BCUT2D eigenvalue weighted by atomic mass is 16.6. The molecular formula is C15H21N3O3. The van der Waals surface area contributed by atoms with Gasteiger partial charge in [0, 0.05) is 32.3 Å². The van der Waals surface area contributed by atoms with Crippen LogP contribution in [0.4, 0.5) is 5.69 Å². The van der Waals surface area contributed by atoms with E-state index in [1.807, 2.05) is 13.0 Å². The lowest BCUT2D eigenvalue weighted by atomic mass is 9.83. The van der Waals surface area contributed by atoms with Gasteiger partial charge in [-0.15, -0.1) is 0 Å². The van der Waals surface area contributed by atoms with Gasteiger partial charge in [-0.1, -0.05) is 19.1 Å². The number of rotatable bonds is 5. The Balaban J connectivity index is 2.10. The Morgan fingerprint density at radius 1 is 1.52 bits per heavy atom. The number of nitro benzene ring substituents is 1. The normalized spacial score (nSPS) is 21.2. The van der Waals surface area contributed by atoms with Crippen molar-refractivity contribution in [3.63, 3.8) is 0 Å². The maximum absolute atomic E-state index is 12.7. The molecule has 1 amide bonds. The van der Waals surface area contributed by atoms with Crippen molar-refractivity contribution in [1.82, 2.24) is 10.2 Å². The van der Waals surface area contributed by atoms with Crippen molar-refractivity contribution in [2.45, 2.75) is 26.3 Å². The van der Waals surface area contributed by atoms with Gasteiger partial charge in [0.2, 0.25) is 5.91 Å². The highest BCUT2D eigenvalue weighted by Crippen LogP contribution is 2.32. The van der Waals surface area contributed by atoms with Gasteiger partial charge in [-0.3, -0.25) is 14.9 Å². The first-order valence-electron chi connectivity index (χ1n) is 7.18. The molecule has 1 aromatic carbocycles. The van der Waals surface area contributed by atoms with Crippen LogP contribution in [0, 0.1) is 15.5 Å². The van der Waals surface area contributed by atoms with Gasteiger partial charge in [-0.05, 0) is 24.9 Å². The van der Waals surface area contributed by atoms with Gasteiger partial charge in [0.25, 0.3) is 5.69 Å². The lowest BCUT2D eigenvalue weighted by Gasteiger charge is -2.30. The number of nitro groups is 1. The van der Waals surface area contributed by atoms with Gasteiger partial charge in [0.1, 0.15) is 0 Å². The van der Waals surface area contributed by atoms with Crippen molar-refractivity contribution in [2.75, 3.05) is 20.1 Å². The van der Waals surface area contributed by atoms with E-state index in [1.165, 1.54) is 12.1 Å². The number of nitrogens with zero attached hydrogens (tertiary/aromatic N) is 2. The van der Waals surface area contributed by atoms with Crippen molar-refractivity contribution in [3.05, 3.63) is 39.9 Å². The molecule has 6 heteroatoms. The summed E-state index contributed by atoms with van der Waals surface area (Å²) < 4.78 is 0. The Kier molecular flexibility index (Phi) is 4.57. The van der Waals surface area contributed by atoms with E-state index in [0.29, 0.717) is 13.1 Å². The number of carbonyl (C=O) groups excluding carboxylic acids is 1. The first kappa shape index (κ1) is 15.4. The average Bonchev–Trinajstić information content (AvgIpc) is 2.96. The molecule has 1 aliphatic heterocycles. The van der Waals surface area contributed by atoms with Crippen LogP contribution in [-0.2, 0) is 11.3 Å². The van der Waals surface area contributed by atoms with E-state index in [4.69, 9.17) is 0 Å². The third-order valence-electron chi connectivity index (χ3n) is 4.26. The minimum absolute atomic E-state index is 0.0566. The van der Waals surface area contributed by atoms with E-state index in [2.05, 4.69) is 5.32 Å². The van der Waals surface area contributed by atoms with E-state index < -0.39 is 4.92 Å². The molecule has 0 bridgehead atoms. The summed E-state index contributed by atoms with van der Waals surface area (Å²) in [6.07, 6.45) is 1.65. The number of nitrogens with one attached hydrogen (secondary N) is 1. The summed E-state index contributed by atoms with van der Waals surface area (Å²) in [6, 6.07) is 6.44. The molecule has 0 saturated carbocycles. The molecule has 21 heavy (non-hydrogen) atoms. The summed E-state index contributed by atoms with van der Waals surface area (Å²) in [7, 11) is 1.76. The topological polar surface area (TPSA) is 75.5 Å². The van der Waals surface area contributed by atoms with E-state index in [-0.39, 0.29) is 17.0 Å². The third-order valence-corrected chi connectivity index (χ3v) is 4.26. The van der Waals surface area contributed by atoms with E-state index in [1.54, 1.807) is 18.0 Å². The van der Waals surface area contributed by atoms with Gasteiger partial charge in [0.15, 0.2) is 0 Å². The lowest BCUT2D eigenvalue weighted by Crippen LogP contribution is -2.42. The second kappa shape index (κ2) is 6.22. The zero-order chi connectivity index (χ0) is 15.5. The molecule has 0 spiro atoms. The minimum atomic E-state index is -0.417. The van der Waals surface area contributed by atoms with Crippen LogP contribution in [0.5, 0.6) is 0 Å². The summed E-state index contributed by atoms with van der Waals surface area (Å²) >= 11 is 0. The van der Waals surface area contributed by atoms with E-state index >= 15 is 0 Å². The molecule has 1 saturated heterocycles. The van der Waals surface area contributed by atoms with Gasteiger partial charge in [-0.2, -0.15) is 0 Å². The molecule has 1 aliphatic rings. The molecule has 2 rings (SSSR count). The average molecular weight is 291 g/mol. The summed E-state index contributed by atoms with van der Waals surface area (Å²) in [5, 5.41) is 14.0. The van der Waals surface area contributed by atoms with E-state index in [0.717, 1.165) is 24.9 Å². The maximum atomic E-state index is 12.7. The quantitative estimate of drug-likeness (QED) is 0.664. The molecular weight excluding hydrogens is 270 g/mol. The standard InChI is InChI=1S/C15H21N3O3/c1-3-15(7-8-16-11-15)14(19)17(2)10-12-5-4-6-13(9-12)18(20)21/h4-6,9,16H,3,7-8,10-11H2,1-2H3. The van der Waals surface area contributed by atoms with Crippen molar-refractivity contribution in [2.24, 2.45) is 5.41 Å². The summed E-state index contributed by atoms with van der Waals surface area (Å²) in [4.78, 5) is 24.7. The van der Waals surface area contributed by atoms with Crippen molar-refractivity contribution in [1.29, 1.82) is 0 Å². The largest absolute Gasteiger partial charge is 0.341 e. The fraction of sp³-hybridized carbons (Fsp3) is 0.533. The summed E-state index contributed by atoms with van der Waals surface area (Å²) in [6.45, 7) is 4.00. The van der Waals surface area contributed by atoms with Crippen LogP contribution < -0.4 is 5.32 Å². The molecule has 0 aliphatic carbocycles. The van der Waals surface area contributed by atoms with Crippen LogP contribution in [0.3, 0.4) is 0 Å². The third kappa shape index (κ3) is 3.21. The molecule has 1 heterocycles. The molecule has 0 radical (unpaired) electrons. The van der Waals surface area contributed by atoms with Gasteiger partial charge >= 0.3 is 0 Å². The summed E-state index contributed by atoms with van der Waals surface area (Å²) in [5.74, 6) is 0.113. The Labute approximate surface area is 124 Å². The number of hydrogen-bond acceptors (Lipinski definition) is 4. The molecule has 1 aromatic rings. The minimum Gasteiger partial charge on any atom is -0.341 e. The predicted octanol–water partition coefficient (Wildman–Crippen LogP) is 1.94. The Hall–Kier alpha value is -1.95. The fourth-order valence-electron chi connectivity index (χ4n) is 2.90. The Bertz CT molecular complexity index is 539. The molecule has 1 atom stereocenters. The number of carbonyl (C=O) groups is 1. The Morgan fingerprint density at radius 3 is 2.86 bits per heavy atom. The van der Waals surface area contributed by atoms with Crippen LogP contribution in [-0.4, -0.2) is 35.9 Å². The van der Waals surface area contributed by atoms with Gasteiger partial charge in [-0.25, -0.2) is 0 Å². The van der Waals surface area contributed by atoms with E-state index in [9.17, 15) is 14.9 Å². The molecule has 1 unspecified atom stereocenters. The molecule has 1 fully saturated rings. The van der Waals surface area contributed by atoms with Crippen molar-refractivity contribution < 1.29 is 9.72 Å². The zero-order valence-electron chi connectivity index (χ0n) is 12.5. The van der Waals surface area contributed by atoms with Crippen LogP contribution in [0.1, 0.15) is 25.3 Å². The van der Waals surface area contributed by atoms with Crippen LogP contribution in [0.2, 0.25) is 0 Å². The fourth-order valence-corrected chi connectivity index (χ4v) is 2.90. The number of benzene rings is 1. The highest BCUT2D eigenvalue weighted by Gasteiger charge is 2.41. The highest BCUT2D eigenvalue weighted by molar-refractivity contribution is 5.83. The molecule has 114 valence electrons. The zero-order valence-corrected chi connectivity index (χ0v) is 12.5. The number of amides is 1. The Morgan fingerprint density at radius 2 is 2.29 bits per heavy atom. The summed E-state index contributed by atoms with van der Waals surface area (Å²) in [5.41, 5.74) is 0.508. The van der Waals surface area contributed by atoms with Gasteiger partial charge in [0.05, 0.1) is 10.3 Å². The number of non-ortho nitro benzene ring substituents is 1. The molecule has 1 N–H and O–H groups in total. The second-order valence-electron chi connectivity index (χ2n) is 5.65. The second-order valence-corrected chi connectivity index (χ2v) is 5.65. The first-order chi connectivity index (χ1) is 9.98. The van der Waals surface area contributed by atoms with Crippen molar-refractivity contribution in [3.8, 4) is 0 Å². The van der Waals surface area contributed by atoms with Crippen molar-refractivity contribution >= 4 is 11.6 Å². The molecule has 6 nitrogen and oxygen atoms in total. The van der Waals surface area contributed by atoms with Crippen LogP contribution in [0.25, 0.3) is 0 Å². The lowest BCUT2D eigenvalue weighted by molar-refractivity contribution is -0.384. The van der Waals surface area contributed by atoms with Crippen LogP contribution >= 0.6 is 0 Å². The van der Waals surface area contributed by atoms with Gasteiger partial charge < -0.3 is 10.2 Å². The smallest absolute Gasteiger partial charge is 0.269 e. The number of hydrogen-bond donors (Lipinski definition) is 1. The van der Waals surface area contributed by atoms with Crippen LogP contribution in [0.15, 0.2) is 24.3 Å². The SMILES string of the molecule is CCC1(C(=O)N(C)Cc2cccc([N+](=O)[O-])c2)CCNC1. The maximum Gasteiger partial charge on any atom is 0.269 e.